The Morgan fingerprint density at radius 3 is 1.46 bits per heavy atom. The van der Waals surface area contributed by atoms with Crippen LogP contribution in [0.1, 0.15) is 124 Å². The first-order valence-electron chi connectivity index (χ1n) is 10.8. The fourth-order valence-corrected chi connectivity index (χ4v) is 3.23. The van der Waals surface area contributed by atoms with Gasteiger partial charge in [-0.15, -0.1) is 0 Å². The topological polar surface area (TPSA) is 26.3 Å². The van der Waals surface area contributed by atoms with Crippen LogP contribution < -0.4 is 0 Å². The molecule has 0 amide bonds. The van der Waals surface area contributed by atoms with Gasteiger partial charge < -0.3 is 4.74 Å². The average Bonchev–Trinajstić information content (AvgIpc) is 2.54. The number of hydrogen-bond acceptors (Lipinski definition) is 2. The molecule has 2 nitrogen and oxygen atoms in total. The van der Waals surface area contributed by atoms with Crippen LogP contribution in [0, 0.1) is 5.92 Å². The number of rotatable bonds is 17. The Labute approximate surface area is 152 Å². The molecule has 144 valence electrons. The van der Waals surface area contributed by atoms with Crippen molar-refractivity contribution in [3.05, 3.63) is 0 Å². The lowest BCUT2D eigenvalue weighted by molar-refractivity contribution is -0.153. The zero-order valence-electron chi connectivity index (χ0n) is 17.1. The lowest BCUT2D eigenvalue weighted by Gasteiger charge is -2.17. The Morgan fingerprint density at radius 2 is 1.04 bits per heavy atom. The van der Waals surface area contributed by atoms with E-state index < -0.39 is 0 Å². The van der Waals surface area contributed by atoms with Gasteiger partial charge in [-0.2, -0.15) is 0 Å². The zero-order valence-corrected chi connectivity index (χ0v) is 17.1. The summed E-state index contributed by atoms with van der Waals surface area (Å²) in [6.07, 6.45) is 19.0. The van der Waals surface area contributed by atoms with E-state index in [0.717, 1.165) is 12.8 Å². The van der Waals surface area contributed by atoms with Crippen LogP contribution in [0.4, 0.5) is 0 Å². The predicted molar refractivity (Wildman–Crippen MR) is 105 cm³/mol. The molecule has 0 saturated carbocycles. The van der Waals surface area contributed by atoms with Gasteiger partial charge in [-0.1, -0.05) is 97.3 Å². The monoisotopic (exact) mass is 340 g/mol. The summed E-state index contributed by atoms with van der Waals surface area (Å²) in [6, 6.07) is 0. The molecule has 0 N–H and O–H groups in total. The summed E-state index contributed by atoms with van der Waals surface area (Å²) in [4.78, 5) is 12.3. The number of unbranched alkanes of at least 4 members (excludes halogenated alkanes) is 11. The van der Waals surface area contributed by atoms with E-state index in [1.165, 1.54) is 83.5 Å². The Balaban J connectivity index is 3.84. The molecule has 0 spiro atoms. The van der Waals surface area contributed by atoms with Crippen LogP contribution in [0.25, 0.3) is 0 Å². The zero-order chi connectivity index (χ0) is 18.0. The number of carbonyl (C=O) groups is 1. The third-order valence-corrected chi connectivity index (χ3v) is 4.75. The smallest absolute Gasteiger partial charge is 0.309 e. The highest BCUT2D eigenvalue weighted by Gasteiger charge is 2.20. The van der Waals surface area contributed by atoms with Crippen molar-refractivity contribution in [2.75, 3.05) is 0 Å². The maximum Gasteiger partial charge on any atom is 0.309 e. The summed E-state index contributed by atoms with van der Waals surface area (Å²) in [7, 11) is 0. The van der Waals surface area contributed by atoms with Crippen molar-refractivity contribution in [3.63, 3.8) is 0 Å². The van der Waals surface area contributed by atoms with Crippen molar-refractivity contribution >= 4 is 5.97 Å². The summed E-state index contributed by atoms with van der Waals surface area (Å²) < 4.78 is 5.46. The molecule has 0 fully saturated rings. The Hall–Kier alpha value is -0.530. The van der Waals surface area contributed by atoms with Gasteiger partial charge in [0.05, 0.1) is 12.0 Å². The van der Waals surface area contributed by atoms with E-state index in [-0.39, 0.29) is 18.0 Å². The molecule has 0 saturated heterocycles. The van der Waals surface area contributed by atoms with Crippen LogP contribution in [0.2, 0.25) is 0 Å². The molecule has 0 aliphatic rings. The van der Waals surface area contributed by atoms with Crippen molar-refractivity contribution in [2.45, 2.75) is 130 Å². The quantitative estimate of drug-likeness (QED) is 0.203. The van der Waals surface area contributed by atoms with Crippen LogP contribution in [0.15, 0.2) is 0 Å². The average molecular weight is 341 g/mol. The van der Waals surface area contributed by atoms with Crippen molar-refractivity contribution in [1.29, 1.82) is 0 Å². The molecule has 0 rings (SSSR count). The SMILES string of the molecule is CCCCCCCCCCCC(CCCCCC)C(=O)OC(C)C. The van der Waals surface area contributed by atoms with Gasteiger partial charge in [0.25, 0.3) is 0 Å². The van der Waals surface area contributed by atoms with Crippen LogP contribution in [0.5, 0.6) is 0 Å². The first kappa shape index (κ1) is 23.5. The molecule has 0 bridgehead atoms. The van der Waals surface area contributed by atoms with Crippen LogP contribution in [-0.4, -0.2) is 12.1 Å². The van der Waals surface area contributed by atoms with E-state index in [1.807, 2.05) is 13.8 Å². The highest BCUT2D eigenvalue weighted by atomic mass is 16.5. The minimum Gasteiger partial charge on any atom is -0.463 e. The fraction of sp³-hybridized carbons (Fsp3) is 0.955. The van der Waals surface area contributed by atoms with Crippen molar-refractivity contribution < 1.29 is 9.53 Å². The highest BCUT2D eigenvalue weighted by molar-refractivity contribution is 5.72. The number of carbonyl (C=O) groups excluding carboxylic acids is 1. The summed E-state index contributed by atoms with van der Waals surface area (Å²) in [5.74, 6) is 0.176. The number of ether oxygens (including phenoxy) is 1. The molecule has 0 aromatic carbocycles. The van der Waals surface area contributed by atoms with E-state index >= 15 is 0 Å². The van der Waals surface area contributed by atoms with Gasteiger partial charge in [0.1, 0.15) is 0 Å². The van der Waals surface area contributed by atoms with Gasteiger partial charge >= 0.3 is 5.97 Å². The molecule has 0 radical (unpaired) electrons. The van der Waals surface area contributed by atoms with E-state index in [9.17, 15) is 4.79 Å². The summed E-state index contributed by atoms with van der Waals surface area (Å²) in [5, 5.41) is 0. The van der Waals surface area contributed by atoms with Gasteiger partial charge in [0.15, 0.2) is 0 Å². The van der Waals surface area contributed by atoms with Gasteiger partial charge in [-0.25, -0.2) is 0 Å². The largest absolute Gasteiger partial charge is 0.463 e. The third kappa shape index (κ3) is 15.0. The van der Waals surface area contributed by atoms with E-state index in [4.69, 9.17) is 4.74 Å². The standard InChI is InChI=1S/C22H44O2/c1-5-7-9-11-12-13-14-15-17-19-21(18-16-10-8-6-2)22(23)24-20(3)4/h20-21H,5-19H2,1-4H3. The molecule has 0 aromatic heterocycles. The fourth-order valence-electron chi connectivity index (χ4n) is 3.23. The van der Waals surface area contributed by atoms with E-state index in [2.05, 4.69) is 13.8 Å². The maximum atomic E-state index is 12.3. The molecule has 0 heterocycles. The number of hydrogen-bond donors (Lipinski definition) is 0. The van der Waals surface area contributed by atoms with Crippen molar-refractivity contribution in [1.82, 2.24) is 0 Å². The molecular formula is C22H44O2. The Kier molecular flexibility index (Phi) is 16.9. The third-order valence-electron chi connectivity index (χ3n) is 4.75. The van der Waals surface area contributed by atoms with E-state index in [0.29, 0.717) is 0 Å². The minimum atomic E-state index is 0.0127. The minimum absolute atomic E-state index is 0.0127. The second-order valence-electron chi connectivity index (χ2n) is 7.65. The Bertz CT molecular complexity index is 273. The van der Waals surface area contributed by atoms with Gasteiger partial charge in [-0.05, 0) is 26.7 Å². The Morgan fingerprint density at radius 1 is 0.667 bits per heavy atom. The molecule has 24 heavy (non-hydrogen) atoms. The maximum absolute atomic E-state index is 12.3. The molecule has 0 aliphatic heterocycles. The first-order valence-corrected chi connectivity index (χ1v) is 10.8. The lowest BCUT2D eigenvalue weighted by atomic mass is 9.94. The lowest BCUT2D eigenvalue weighted by Crippen LogP contribution is -2.21. The predicted octanol–water partition coefficient (Wildman–Crippen LogP) is 7.45. The summed E-state index contributed by atoms with van der Waals surface area (Å²) >= 11 is 0. The number of esters is 1. The molecule has 1 atom stereocenters. The van der Waals surface area contributed by atoms with Gasteiger partial charge in [0.2, 0.25) is 0 Å². The molecular weight excluding hydrogens is 296 g/mol. The summed E-state index contributed by atoms with van der Waals surface area (Å²) in [5.41, 5.74) is 0. The van der Waals surface area contributed by atoms with Crippen molar-refractivity contribution in [3.8, 4) is 0 Å². The van der Waals surface area contributed by atoms with Gasteiger partial charge in [-0.3, -0.25) is 4.79 Å². The van der Waals surface area contributed by atoms with E-state index in [1.54, 1.807) is 0 Å². The van der Waals surface area contributed by atoms with Crippen LogP contribution in [-0.2, 0) is 9.53 Å². The molecule has 0 aliphatic carbocycles. The summed E-state index contributed by atoms with van der Waals surface area (Å²) in [6.45, 7) is 8.39. The molecule has 2 heteroatoms. The normalized spacial score (nSPS) is 12.5. The van der Waals surface area contributed by atoms with Gasteiger partial charge in [0, 0.05) is 0 Å². The highest BCUT2D eigenvalue weighted by Crippen LogP contribution is 2.21. The molecule has 1 unspecified atom stereocenters. The van der Waals surface area contributed by atoms with Crippen molar-refractivity contribution in [2.24, 2.45) is 5.92 Å². The first-order chi connectivity index (χ1) is 11.6. The van der Waals surface area contributed by atoms with Crippen LogP contribution in [0.3, 0.4) is 0 Å². The van der Waals surface area contributed by atoms with Crippen LogP contribution >= 0.6 is 0 Å². The second-order valence-corrected chi connectivity index (χ2v) is 7.65. The second kappa shape index (κ2) is 17.3. The molecule has 0 aromatic rings.